The van der Waals surface area contributed by atoms with Crippen molar-refractivity contribution in [3.8, 4) is 5.75 Å². The maximum atomic E-state index is 10.6. The number of rotatable bonds is 7. The number of hydrogen-bond donors (Lipinski definition) is 0. The van der Waals surface area contributed by atoms with Crippen molar-refractivity contribution in [3.05, 3.63) is 65.0 Å². The number of ether oxygens (including phenoxy) is 1. The molecule has 0 aliphatic carbocycles. The van der Waals surface area contributed by atoms with Crippen molar-refractivity contribution < 1.29 is 9.66 Å². The second kappa shape index (κ2) is 7.15. The molecule has 0 saturated carbocycles. The van der Waals surface area contributed by atoms with Crippen LogP contribution in [-0.4, -0.2) is 26.7 Å². The van der Waals surface area contributed by atoms with Gasteiger partial charge in [-0.15, -0.1) is 0 Å². The minimum absolute atomic E-state index is 0.0686. The summed E-state index contributed by atoms with van der Waals surface area (Å²) in [5.74, 6) is 1.54. The molecule has 0 fully saturated rings. The molecule has 0 aliphatic rings. The number of nitrogens with zero attached hydrogens (tertiary/aromatic N) is 3. The zero-order valence-corrected chi connectivity index (χ0v) is 13.1. The van der Waals surface area contributed by atoms with Crippen molar-refractivity contribution in [2.24, 2.45) is 0 Å². The molecule has 1 aromatic carbocycles. The SMILES string of the molecule is O=[N+]([O-])c1ccc(OCCCSc2ncc3ccccn23)cc1. The molecule has 0 radical (unpaired) electrons. The van der Waals surface area contributed by atoms with E-state index in [4.69, 9.17) is 4.74 Å². The summed E-state index contributed by atoms with van der Waals surface area (Å²) in [6, 6.07) is 12.1. The summed E-state index contributed by atoms with van der Waals surface area (Å²) < 4.78 is 7.64. The molecule has 6 nitrogen and oxygen atoms in total. The van der Waals surface area contributed by atoms with Gasteiger partial charge < -0.3 is 4.74 Å². The first-order chi connectivity index (χ1) is 11.2. The molecule has 0 saturated heterocycles. The van der Waals surface area contributed by atoms with Crippen LogP contribution in [0.1, 0.15) is 6.42 Å². The third-order valence-corrected chi connectivity index (χ3v) is 4.29. The molecule has 0 aliphatic heterocycles. The third-order valence-electron chi connectivity index (χ3n) is 3.24. The predicted molar refractivity (Wildman–Crippen MR) is 89.1 cm³/mol. The number of aromatic nitrogens is 2. The topological polar surface area (TPSA) is 69.7 Å². The van der Waals surface area contributed by atoms with Crippen molar-refractivity contribution in [3.63, 3.8) is 0 Å². The Labute approximate surface area is 137 Å². The third kappa shape index (κ3) is 3.81. The number of imidazole rings is 1. The van der Waals surface area contributed by atoms with Gasteiger partial charge in [-0.05, 0) is 30.7 Å². The van der Waals surface area contributed by atoms with Crippen molar-refractivity contribution in [1.29, 1.82) is 0 Å². The van der Waals surface area contributed by atoms with Gasteiger partial charge in [0.15, 0.2) is 5.16 Å². The Morgan fingerprint density at radius 1 is 1.22 bits per heavy atom. The lowest BCUT2D eigenvalue weighted by Gasteiger charge is -2.05. The van der Waals surface area contributed by atoms with Gasteiger partial charge in [0.1, 0.15) is 5.75 Å². The van der Waals surface area contributed by atoms with E-state index in [0.29, 0.717) is 12.4 Å². The minimum Gasteiger partial charge on any atom is -0.494 e. The molecule has 0 atom stereocenters. The molecule has 3 aromatic rings. The van der Waals surface area contributed by atoms with Crippen LogP contribution in [0.5, 0.6) is 5.75 Å². The fourth-order valence-electron chi connectivity index (χ4n) is 2.10. The Morgan fingerprint density at radius 3 is 2.83 bits per heavy atom. The minimum atomic E-state index is -0.421. The Balaban J connectivity index is 1.44. The van der Waals surface area contributed by atoms with E-state index in [9.17, 15) is 10.1 Å². The second-order valence-electron chi connectivity index (χ2n) is 4.84. The number of benzene rings is 1. The number of hydrogen-bond acceptors (Lipinski definition) is 5. The largest absolute Gasteiger partial charge is 0.494 e. The van der Waals surface area contributed by atoms with E-state index in [1.54, 1.807) is 23.9 Å². The van der Waals surface area contributed by atoms with Gasteiger partial charge in [-0.25, -0.2) is 4.98 Å². The molecule has 3 rings (SSSR count). The maximum absolute atomic E-state index is 10.6. The Kier molecular flexibility index (Phi) is 4.77. The van der Waals surface area contributed by atoms with E-state index in [0.717, 1.165) is 22.8 Å². The molecule has 0 bridgehead atoms. The van der Waals surface area contributed by atoms with Crippen LogP contribution in [0.15, 0.2) is 60.0 Å². The molecule has 0 N–H and O–H groups in total. The van der Waals surface area contributed by atoms with Gasteiger partial charge >= 0.3 is 0 Å². The van der Waals surface area contributed by atoms with Crippen LogP contribution in [0.4, 0.5) is 5.69 Å². The van der Waals surface area contributed by atoms with Crippen LogP contribution in [0.2, 0.25) is 0 Å². The monoisotopic (exact) mass is 329 g/mol. The Bertz CT molecular complexity index is 802. The van der Waals surface area contributed by atoms with Gasteiger partial charge in [0.05, 0.1) is 23.2 Å². The van der Waals surface area contributed by atoms with Crippen LogP contribution < -0.4 is 4.74 Å². The van der Waals surface area contributed by atoms with Crippen molar-refractivity contribution >= 4 is 23.0 Å². The lowest BCUT2D eigenvalue weighted by molar-refractivity contribution is -0.384. The van der Waals surface area contributed by atoms with Crippen LogP contribution in [-0.2, 0) is 0 Å². The number of pyridine rings is 1. The van der Waals surface area contributed by atoms with E-state index in [1.165, 1.54) is 12.1 Å². The van der Waals surface area contributed by atoms with E-state index in [2.05, 4.69) is 9.38 Å². The molecular formula is C16H15N3O3S. The zero-order valence-electron chi connectivity index (χ0n) is 12.3. The molecule has 7 heteroatoms. The number of non-ortho nitro benzene ring substituents is 1. The molecule has 2 aromatic heterocycles. The zero-order chi connectivity index (χ0) is 16.1. The summed E-state index contributed by atoms with van der Waals surface area (Å²) in [6.07, 6.45) is 4.72. The Morgan fingerprint density at radius 2 is 2.04 bits per heavy atom. The summed E-state index contributed by atoms with van der Waals surface area (Å²) >= 11 is 1.68. The molecular weight excluding hydrogens is 314 g/mol. The summed E-state index contributed by atoms with van der Waals surface area (Å²) in [5.41, 5.74) is 1.15. The molecule has 0 spiro atoms. The van der Waals surface area contributed by atoms with E-state index in [-0.39, 0.29) is 5.69 Å². The Hall–Kier alpha value is -2.54. The van der Waals surface area contributed by atoms with Gasteiger partial charge in [0.2, 0.25) is 0 Å². The van der Waals surface area contributed by atoms with Crippen LogP contribution in [0, 0.1) is 10.1 Å². The molecule has 0 unspecified atom stereocenters. The molecule has 23 heavy (non-hydrogen) atoms. The number of nitro benzene ring substituents is 1. The lowest BCUT2D eigenvalue weighted by Crippen LogP contribution is -1.99. The smallest absolute Gasteiger partial charge is 0.269 e. The van der Waals surface area contributed by atoms with Gasteiger partial charge in [-0.3, -0.25) is 14.5 Å². The van der Waals surface area contributed by atoms with Gasteiger partial charge in [-0.2, -0.15) is 0 Å². The quantitative estimate of drug-likeness (QED) is 0.285. The van der Waals surface area contributed by atoms with Crippen molar-refractivity contribution in [2.45, 2.75) is 11.6 Å². The highest BCUT2D eigenvalue weighted by Gasteiger charge is 2.05. The van der Waals surface area contributed by atoms with Gasteiger partial charge in [-0.1, -0.05) is 17.8 Å². The summed E-state index contributed by atoms with van der Waals surface area (Å²) in [7, 11) is 0. The summed E-state index contributed by atoms with van der Waals surface area (Å²) in [4.78, 5) is 14.5. The first kappa shape index (κ1) is 15.4. The first-order valence-corrected chi connectivity index (χ1v) is 8.15. The van der Waals surface area contributed by atoms with E-state index >= 15 is 0 Å². The number of nitro groups is 1. The van der Waals surface area contributed by atoms with Gasteiger partial charge in [0, 0.05) is 24.1 Å². The highest BCUT2D eigenvalue weighted by molar-refractivity contribution is 7.99. The maximum Gasteiger partial charge on any atom is 0.269 e. The predicted octanol–water partition coefficient (Wildman–Crippen LogP) is 3.80. The second-order valence-corrected chi connectivity index (χ2v) is 5.90. The standard InChI is InChI=1S/C16H15N3O3S/c20-19(21)13-5-7-15(8-6-13)22-10-3-11-23-16-17-12-14-4-1-2-9-18(14)16/h1-2,4-9,12H,3,10-11H2. The fraction of sp³-hybridized carbons (Fsp3) is 0.188. The summed E-state index contributed by atoms with van der Waals surface area (Å²) in [5, 5.41) is 11.5. The van der Waals surface area contributed by atoms with Gasteiger partial charge in [0.25, 0.3) is 5.69 Å². The van der Waals surface area contributed by atoms with Crippen molar-refractivity contribution in [1.82, 2.24) is 9.38 Å². The number of fused-ring (bicyclic) bond motifs is 1. The van der Waals surface area contributed by atoms with Crippen molar-refractivity contribution in [2.75, 3.05) is 12.4 Å². The van der Waals surface area contributed by atoms with Crippen LogP contribution in [0.25, 0.3) is 5.52 Å². The molecule has 2 heterocycles. The molecule has 0 amide bonds. The first-order valence-electron chi connectivity index (χ1n) is 7.16. The van der Waals surface area contributed by atoms with E-state index in [1.807, 2.05) is 30.6 Å². The number of thioether (sulfide) groups is 1. The summed E-state index contributed by atoms with van der Waals surface area (Å²) in [6.45, 7) is 0.564. The fourth-order valence-corrected chi connectivity index (χ4v) is 2.98. The van der Waals surface area contributed by atoms with Crippen LogP contribution in [0.3, 0.4) is 0 Å². The highest BCUT2D eigenvalue weighted by Crippen LogP contribution is 2.20. The average molecular weight is 329 g/mol. The normalized spacial score (nSPS) is 10.8. The lowest BCUT2D eigenvalue weighted by atomic mass is 10.3. The molecule has 118 valence electrons. The van der Waals surface area contributed by atoms with Crippen LogP contribution >= 0.6 is 11.8 Å². The highest BCUT2D eigenvalue weighted by atomic mass is 32.2. The average Bonchev–Trinajstić information content (AvgIpc) is 2.98. The van der Waals surface area contributed by atoms with E-state index < -0.39 is 4.92 Å².